The number of fused-ring (bicyclic) bond motifs is 2. The summed E-state index contributed by atoms with van der Waals surface area (Å²) in [5, 5.41) is 4.42. The maximum Gasteiger partial charge on any atom is 0.130 e. The molecule has 4 rings (SSSR count). The van der Waals surface area contributed by atoms with E-state index in [4.69, 9.17) is 9.47 Å². The number of hydrogen-bond acceptors (Lipinski definition) is 3. The molecule has 0 unspecified atom stereocenters. The predicted octanol–water partition coefficient (Wildman–Crippen LogP) is 6.12. The van der Waals surface area contributed by atoms with Crippen molar-refractivity contribution < 1.29 is 14.3 Å². The highest BCUT2D eigenvalue weighted by Gasteiger charge is 2.27. The van der Waals surface area contributed by atoms with Crippen LogP contribution in [0.4, 0.5) is 0 Å². The Bertz CT molecular complexity index is 1110. The summed E-state index contributed by atoms with van der Waals surface area (Å²) in [6.07, 6.45) is 0.370. The summed E-state index contributed by atoms with van der Waals surface area (Å²) in [7, 11) is 3.36. The Morgan fingerprint density at radius 3 is 1.59 bits per heavy atom. The monoisotopic (exact) mass is 384 g/mol. The van der Waals surface area contributed by atoms with Gasteiger partial charge in [0.25, 0.3) is 0 Å². The highest BCUT2D eigenvalue weighted by molar-refractivity contribution is 5.94. The van der Waals surface area contributed by atoms with E-state index in [1.165, 1.54) is 0 Å². The van der Waals surface area contributed by atoms with Crippen molar-refractivity contribution in [2.45, 2.75) is 19.3 Å². The highest BCUT2D eigenvalue weighted by Crippen LogP contribution is 2.45. The first-order valence-electron chi connectivity index (χ1n) is 9.74. The zero-order valence-corrected chi connectivity index (χ0v) is 16.9. The molecule has 0 bridgehead atoms. The van der Waals surface area contributed by atoms with Gasteiger partial charge in [0.05, 0.1) is 14.2 Å². The Hall–Kier alpha value is -3.33. The standard InChI is InChI=1S/C26H24O3/c1-17(27)16-22(25-20-10-6-4-8-18(20)12-14-23(25)28-2)26-21-11-7-5-9-19(21)13-15-24(26)29-3/h4-15,22H,16H2,1-3H3. The van der Waals surface area contributed by atoms with Gasteiger partial charge in [-0.2, -0.15) is 0 Å². The van der Waals surface area contributed by atoms with E-state index in [0.29, 0.717) is 6.42 Å². The van der Waals surface area contributed by atoms with Crippen LogP contribution in [0.5, 0.6) is 11.5 Å². The first-order valence-corrected chi connectivity index (χ1v) is 9.74. The van der Waals surface area contributed by atoms with E-state index in [-0.39, 0.29) is 11.7 Å². The van der Waals surface area contributed by atoms with Crippen LogP contribution in [0.15, 0.2) is 72.8 Å². The summed E-state index contributed by atoms with van der Waals surface area (Å²) in [4.78, 5) is 12.4. The summed E-state index contributed by atoms with van der Waals surface area (Å²) < 4.78 is 11.5. The van der Waals surface area contributed by atoms with E-state index < -0.39 is 0 Å². The van der Waals surface area contributed by atoms with E-state index in [0.717, 1.165) is 44.2 Å². The van der Waals surface area contributed by atoms with Gasteiger partial charge in [0.1, 0.15) is 17.3 Å². The fourth-order valence-electron chi connectivity index (χ4n) is 4.26. The molecule has 0 aliphatic rings. The van der Waals surface area contributed by atoms with Crippen molar-refractivity contribution >= 4 is 27.3 Å². The SMILES string of the molecule is COc1ccc2ccccc2c1C(CC(C)=O)c1c(OC)ccc2ccccc12. The van der Waals surface area contributed by atoms with Crippen LogP contribution in [0, 0.1) is 0 Å². The van der Waals surface area contributed by atoms with Crippen molar-refractivity contribution in [3.8, 4) is 11.5 Å². The number of carbonyl (C=O) groups is 1. The molecule has 0 saturated heterocycles. The van der Waals surface area contributed by atoms with E-state index >= 15 is 0 Å². The number of hydrogen-bond donors (Lipinski definition) is 0. The number of methoxy groups -OCH3 is 2. The van der Waals surface area contributed by atoms with Gasteiger partial charge in [-0.1, -0.05) is 60.7 Å². The molecule has 0 spiro atoms. The lowest BCUT2D eigenvalue weighted by Gasteiger charge is -2.25. The molecule has 0 amide bonds. The molecule has 0 fully saturated rings. The second kappa shape index (κ2) is 7.96. The molecule has 4 aromatic rings. The van der Waals surface area contributed by atoms with E-state index in [2.05, 4.69) is 36.4 Å². The summed E-state index contributed by atoms with van der Waals surface area (Å²) in [5.41, 5.74) is 2.05. The third-order valence-corrected chi connectivity index (χ3v) is 5.49. The topological polar surface area (TPSA) is 35.5 Å². The minimum atomic E-state index is -0.186. The molecule has 0 aromatic heterocycles. The van der Waals surface area contributed by atoms with Gasteiger partial charge in [-0.15, -0.1) is 0 Å². The van der Waals surface area contributed by atoms with E-state index in [1.54, 1.807) is 21.1 Å². The summed E-state index contributed by atoms with van der Waals surface area (Å²) in [5.74, 6) is 1.50. The van der Waals surface area contributed by atoms with Crippen LogP contribution in [0.3, 0.4) is 0 Å². The zero-order valence-electron chi connectivity index (χ0n) is 16.9. The maximum atomic E-state index is 12.4. The van der Waals surface area contributed by atoms with Crippen molar-refractivity contribution in [3.63, 3.8) is 0 Å². The van der Waals surface area contributed by atoms with Gasteiger partial charge in [-0.3, -0.25) is 4.79 Å². The molecule has 0 N–H and O–H groups in total. The van der Waals surface area contributed by atoms with Crippen molar-refractivity contribution in [3.05, 3.63) is 83.9 Å². The Labute approximate surface area is 170 Å². The maximum absolute atomic E-state index is 12.4. The van der Waals surface area contributed by atoms with Gasteiger partial charge in [0.15, 0.2) is 0 Å². The lowest BCUT2D eigenvalue weighted by molar-refractivity contribution is -0.117. The molecule has 0 saturated carbocycles. The predicted molar refractivity (Wildman–Crippen MR) is 118 cm³/mol. The van der Waals surface area contributed by atoms with Crippen molar-refractivity contribution in [2.75, 3.05) is 14.2 Å². The van der Waals surface area contributed by atoms with Gasteiger partial charge in [-0.25, -0.2) is 0 Å². The summed E-state index contributed by atoms with van der Waals surface area (Å²) >= 11 is 0. The molecular weight excluding hydrogens is 360 g/mol. The smallest absolute Gasteiger partial charge is 0.130 e. The van der Waals surface area contributed by atoms with Gasteiger partial charge >= 0.3 is 0 Å². The summed E-state index contributed by atoms with van der Waals surface area (Å²) in [6, 6.07) is 24.6. The molecule has 3 heteroatoms. The van der Waals surface area contributed by atoms with Gasteiger partial charge in [-0.05, 0) is 40.6 Å². The normalized spacial score (nSPS) is 11.2. The van der Waals surface area contributed by atoms with Crippen LogP contribution in [-0.2, 0) is 4.79 Å². The number of ketones is 1. The van der Waals surface area contributed by atoms with Gasteiger partial charge in [0.2, 0.25) is 0 Å². The minimum absolute atomic E-state index is 0.125. The van der Waals surface area contributed by atoms with Gasteiger partial charge in [0, 0.05) is 23.5 Å². The Kier molecular flexibility index (Phi) is 5.22. The molecule has 0 heterocycles. The molecule has 0 radical (unpaired) electrons. The van der Waals surface area contributed by atoms with Crippen molar-refractivity contribution in [2.24, 2.45) is 0 Å². The zero-order chi connectivity index (χ0) is 20.4. The van der Waals surface area contributed by atoms with Crippen LogP contribution in [0.1, 0.15) is 30.4 Å². The van der Waals surface area contributed by atoms with Crippen LogP contribution in [-0.4, -0.2) is 20.0 Å². The molecule has 0 atom stereocenters. The molecule has 3 nitrogen and oxygen atoms in total. The fraction of sp³-hybridized carbons (Fsp3) is 0.192. The van der Waals surface area contributed by atoms with Crippen molar-refractivity contribution in [1.82, 2.24) is 0 Å². The Morgan fingerprint density at radius 1 is 0.724 bits per heavy atom. The largest absolute Gasteiger partial charge is 0.496 e. The number of Topliss-reactive ketones (excluding diaryl/α,β-unsaturated/α-hetero) is 1. The summed E-state index contributed by atoms with van der Waals surface area (Å²) in [6.45, 7) is 1.64. The minimum Gasteiger partial charge on any atom is -0.496 e. The Morgan fingerprint density at radius 2 is 1.17 bits per heavy atom. The molecule has 29 heavy (non-hydrogen) atoms. The third-order valence-electron chi connectivity index (χ3n) is 5.49. The number of rotatable bonds is 6. The molecule has 0 aliphatic heterocycles. The average molecular weight is 384 g/mol. The number of benzene rings is 4. The van der Waals surface area contributed by atoms with Crippen LogP contribution < -0.4 is 9.47 Å². The second-order valence-electron chi connectivity index (χ2n) is 7.26. The fourth-order valence-corrected chi connectivity index (χ4v) is 4.26. The van der Waals surface area contributed by atoms with Gasteiger partial charge < -0.3 is 9.47 Å². The highest BCUT2D eigenvalue weighted by atomic mass is 16.5. The number of ether oxygens (including phenoxy) is 2. The third kappa shape index (κ3) is 3.44. The Balaban J connectivity index is 2.10. The quantitative estimate of drug-likeness (QED) is 0.402. The van der Waals surface area contributed by atoms with E-state index in [9.17, 15) is 4.79 Å². The number of carbonyl (C=O) groups excluding carboxylic acids is 1. The van der Waals surface area contributed by atoms with Crippen LogP contribution in [0.25, 0.3) is 21.5 Å². The lowest BCUT2D eigenvalue weighted by Crippen LogP contribution is -2.11. The van der Waals surface area contributed by atoms with E-state index in [1.807, 2.05) is 36.4 Å². The first kappa shape index (κ1) is 19.0. The molecular formula is C26H24O3. The first-order chi connectivity index (χ1) is 14.1. The lowest BCUT2D eigenvalue weighted by atomic mass is 9.81. The van der Waals surface area contributed by atoms with Crippen molar-refractivity contribution in [1.29, 1.82) is 0 Å². The molecule has 4 aromatic carbocycles. The van der Waals surface area contributed by atoms with Crippen LogP contribution >= 0.6 is 0 Å². The second-order valence-corrected chi connectivity index (χ2v) is 7.26. The van der Waals surface area contributed by atoms with Crippen LogP contribution in [0.2, 0.25) is 0 Å². The molecule has 0 aliphatic carbocycles. The molecule has 146 valence electrons. The average Bonchev–Trinajstić information content (AvgIpc) is 2.76.